The van der Waals surface area contributed by atoms with Gasteiger partial charge in [-0.05, 0) is 31.0 Å². The number of piperazine rings is 1. The maximum Gasteiger partial charge on any atom is 0.272 e. The molecular formula is C21H29N5O. The quantitative estimate of drug-likeness (QED) is 0.903. The monoisotopic (exact) mass is 367 g/mol. The lowest BCUT2D eigenvalue weighted by atomic mass is 9.86. The van der Waals surface area contributed by atoms with E-state index in [1.165, 1.54) is 5.56 Å². The molecule has 0 unspecified atom stereocenters. The van der Waals surface area contributed by atoms with Crippen molar-refractivity contribution in [2.45, 2.75) is 33.1 Å². The Hall–Kier alpha value is -2.47. The number of nitrogens with zero attached hydrogens (tertiary/aromatic N) is 4. The van der Waals surface area contributed by atoms with Crippen LogP contribution in [0.15, 0.2) is 30.3 Å². The van der Waals surface area contributed by atoms with Crippen LogP contribution in [0, 0.1) is 6.92 Å². The number of carbonyl (C=O) groups excluding carboxylic acids is 1. The van der Waals surface area contributed by atoms with Crippen LogP contribution in [0.2, 0.25) is 0 Å². The van der Waals surface area contributed by atoms with Crippen molar-refractivity contribution in [3.05, 3.63) is 47.4 Å². The standard InChI is InChI=1S/C21H29N5O/c1-15-22-18(20(27)26-12-10-25(5)11-13-26)14-19(23-15)24-17-9-7-6-8-16(17)21(2,3)4/h6-9,14H,10-13H2,1-5H3,(H,22,23,24). The number of aromatic nitrogens is 2. The average molecular weight is 367 g/mol. The van der Waals surface area contributed by atoms with Crippen LogP contribution in [0.5, 0.6) is 0 Å². The molecular weight excluding hydrogens is 338 g/mol. The van der Waals surface area contributed by atoms with E-state index in [0.29, 0.717) is 17.3 Å². The van der Waals surface area contributed by atoms with Gasteiger partial charge in [0.05, 0.1) is 0 Å². The highest BCUT2D eigenvalue weighted by Crippen LogP contribution is 2.31. The summed E-state index contributed by atoms with van der Waals surface area (Å²) in [6.45, 7) is 11.6. The third-order valence-corrected chi connectivity index (χ3v) is 4.85. The summed E-state index contributed by atoms with van der Waals surface area (Å²) in [7, 11) is 2.07. The van der Waals surface area contributed by atoms with Crippen LogP contribution in [-0.4, -0.2) is 58.9 Å². The molecule has 6 heteroatoms. The first-order valence-electron chi connectivity index (χ1n) is 9.44. The number of hydrogen-bond donors (Lipinski definition) is 1. The van der Waals surface area contributed by atoms with Gasteiger partial charge in [0.1, 0.15) is 17.3 Å². The minimum atomic E-state index is -0.0271. The summed E-state index contributed by atoms with van der Waals surface area (Å²) in [5.41, 5.74) is 2.65. The van der Waals surface area contributed by atoms with Gasteiger partial charge in [0.2, 0.25) is 0 Å². The number of benzene rings is 1. The maximum atomic E-state index is 12.9. The van der Waals surface area contributed by atoms with Gasteiger partial charge in [-0.2, -0.15) is 0 Å². The smallest absolute Gasteiger partial charge is 0.272 e. The molecule has 2 aromatic rings. The van der Waals surface area contributed by atoms with Crippen LogP contribution in [0.1, 0.15) is 42.6 Å². The molecule has 0 aliphatic carbocycles. The Kier molecular flexibility index (Phi) is 5.46. The van der Waals surface area contributed by atoms with E-state index in [2.05, 4.69) is 54.1 Å². The normalized spacial score (nSPS) is 15.7. The molecule has 0 saturated carbocycles. The number of rotatable bonds is 3. The zero-order valence-corrected chi connectivity index (χ0v) is 16.9. The first-order chi connectivity index (χ1) is 12.7. The van der Waals surface area contributed by atoms with Crippen molar-refractivity contribution in [3.8, 4) is 0 Å². The maximum absolute atomic E-state index is 12.9. The summed E-state index contributed by atoms with van der Waals surface area (Å²) in [5.74, 6) is 1.21. The highest BCUT2D eigenvalue weighted by Gasteiger charge is 2.23. The fourth-order valence-corrected chi connectivity index (χ4v) is 3.30. The molecule has 27 heavy (non-hydrogen) atoms. The van der Waals surface area contributed by atoms with Gasteiger partial charge in [-0.15, -0.1) is 0 Å². The van der Waals surface area contributed by atoms with Crippen LogP contribution in [-0.2, 0) is 5.41 Å². The predicted octanol–water partition coefficient (Wildman–Crippen LogP) is 3.21. The number of likely N-dealkylation sites (N-methyl/N-ethyl adjacent to an activating group) is 1. The molecule has 1 aliphatic heterocycles. The van der Waals surface area contributed by atoms with Crippen molar-refractivity contribution in [1.82, 2.24) is 19.8 Å². The first kappa shape index (κ1) is 19.3. The molecule has 1 N–H and O–H groups in total. The minimum Gasteiger partial charge on any atom is -0.340 e. The molecule has 0 bridgehead atoms. The van der Waals surface area contributed by atoms with E-state index in [1.54, 1.807) is 6.07 Å². The molecule has 0 radical (unpaired) electrons. The van der Waals surface area contributed by atoms with Gasteiger partial charge >= 0.3 is 0 Å². The predicted molar refractivity (Wildman–Crippen MR) is 109 cm³/mol. The molecule has 0 spiro atoms. The minimum absolute atomic E-state index is 0.00411. The summed E-state index contributed by atoms with van der Waals surface area (Å²) in [5, 5.41) is 3.40. The molecule has 0 atom stereocenters. The summed E-state index contributed by atoms with van der Waals surface area (Å²) in [6, 6.07) is 9.96. The molecule has 2 heterocycles. The Morgan fingerprint density at radius 1 is 1.07 bits per heavy atom. The third-order valence-electron chi connectivity index (χ3n) is 4.85. The molecule has 1 aromatic heterocycles. The second kappa shape index (κ2) is 7.64. The fraction of sp³-hybridized carbons (Fsp3) is 0.476. The Morgan fingerprint density at radius 2 is 1.74 bits per heavy atom. The van der Waals surface area contributed by atoms with E-state index in [9.17, 15) is 4.79 Å². The van der Waals surface area contributed by atoms with Gasteiger partial charge in [-0.1, -0.05) is 39.0 Å². The largest absolute Gasteiger partial charge is 0.340 e. The SMILES string of the molecule is Cc1nc(Nc2ccccc2C(C)(C)C)cc(C(=O)N2CCN(C)CC2)n1. The highest BCUT2D eigenvalue weighted by molar-refractivity contribution is 5.93. The second-order valence-electron chi connectivity index (χ2n) is 8.20. The summed E-state index contributed by atoms with van der Waals surface area (Å²) < 4.78 is 0. The van der Waals surface area contributed by atoms with Gasteiger partial charge in [0.15, 0.2) is 0 Å². The van der Waals surface area contributed by atoms with Crippen molar-refractivity contribution in [2.24, 2.45) is 0 Å². The van der Waals surface area contributed by atoms with E-state index >= 15 is 0 Å². The van der Waals surface area contributed by atoms with Crippen molar-refractivity contribution < 1.29 is 4.79 Å². The van der Waals surface area contributed by atoms with Gasteiger partial charge < -0.3 is 15.1 Å². The van der Waals surface area contributed by atoms with Gasteiger partial charge in [0, 0.05) is 37.9 Å². The first-order valence-corrected chi connectivity index (χ1v) is 9.44. The number of anilines is 2. The summed E-state index contributed by atoms with van der Waals surface area (Å²) >= 11 is 0. The zero-order chi connectivity index (χ0) is 19.6. The number of nitrogens with one attached hydrogen (secondary N) is 1. The Labute approximate surface area is 161 Å². The molecule has 1 amide bonds. The molecule has 1 saturated heterocycles. The molecule has 3 rings (SSSR count). The van der Waals surface area contributed by atoms with E-state index in [1.807, 2.05) is 30.0 Å². The second-order valence-corrected chi connectivity index (χ2v) is 8.20. The van der Waals surface area contributed by atoms with Crippen molar-refractivity contribution in [2.75, 3.05) is 38.5 Å². The van der Waals surface area contributed by atoms with Crippen LogP contribution < -0.4 is 5.32 Å². The Morgan fingerprint density at radius 3 is 2.41 bits per heavy atom. The molecule has 1 fully saturated rings. The van der Waals surface area contributed by atoms with E-state index < -0.39 is 0 Å². The van der Waals surface area contributed by atoms with E-state index in [-0.39, 0.29) is 11.3 Å². The van der Waals surface area contributed by atoms with Gasteiger partial charge in [-0.3, -0.25) is 4.79 Å². The topological polar surface area (TPSA) is 61.4 Å². The Bertz CT molecular complexity index is 820. The van der Waals surface area contributed by atoms with E-state index in [0.717, 1.165) is 31.9 Å². The Balaban J connectivity index is 1.86. The molecule has 144 valence electrons. The van der Waals surface area contributed by atoms with Gasteiger partial charge in [-0.25, -0.2) is 9.97 Å². The number of carbonyl (C=O) groups is 1. The summed E-state index contributed by atoms with van der Waals surface area (Å²) in [6.07, 6.45) is 0. The molecule has 1 aliphatic rings. The van der Waals surface area contributed by atoms with Crippen molar-refractivity contribution in [3.63, 3.8) is 0 Å². The lowest BCUT2D eigenvalue weighted by molar-refractivity contribution is 0.0658. The van der Waals surface area contributed by atoms with Crippen LogP contribution in [0.25, 0.3) is 0 Å². The number of aryl methyl sites for hydroxylation is 1. The number of amides is 1. The third kappa shape index (κ3) is 4.63. The van der Waals surface area contributed by atoms with Crippen LogP contribution >= 0.6 is 0 Å². The fourth-order valence-electron chi connectivity index (χ4n) is 3.30. The summed E-state index contributed by atoms with van der Waals surface area (Å²) in [4.78, 5) is 25.9. The van der Waals surface area contributed by atoms with Gasteiger partial charge in [0.25, 0.3) is 5.91 Å². The number of hydrogen-bond acceptors (Lipinski definition) is 5. The van der Waals surface area contributed by atoms with Crippen molar-refractivity contribution in [1.29, 1.82) is 0 Å². The van der Waals surface area contributed by atoms with E-state index in [4.69, 9.17) is 0 Å². The lowest BCUT2D eigenvalue weighted by Gasteiger charge is -2.32. The average Bonchev–Trinajstić information content (AvgIpc) is 2.61. The number of para-hydroxylation sites is 1. The van der Waals surface area contributed by atoms with Crippen LogP contribution in [0.3, 0.4) is 0 Å². The van der Waals surface area contributed by atoms with Crippen LogP contribution in [0.4, 0.5) is 11.5 Å². The zero-order valence-electron chi connectivity index (χ0n) is 16.9. The lowest BCUT2D eigenvalue weighted by Crippen LogP contribution is -2.47. The highest BCUT2D eigenvalue weighted by atomic mass is 16.2. The molecule has 1 aromatic carbocycles. The molecule has 6 nitrogen and oxygen atoms in total. The van der Waals surface area contributed by atoms with Crippen molar-refractivity contribution >= 4 is 17.4 Å².